The van der Waals surface area contributed by atoms with Crippen molar-refractivity contribution in [2.24, 2.45) is 0 Å². The van der Waals surface area contributed by atoms with Crippen molar-refractivity contribution in [2.75, 3.05) is 19.6 Å². The number of nitrogens with zero attached hydrogens (tertiary/aromatic N) is 1. The maximum Gasteiger partial charge on any atom is 0.287 e. The SMILES string of the molecule is Cc1ccc(C(CNC(=O)c2oc3ccc(F)cc3c2C)N2CCCCC2)o1. The van der Waals surface area contributed by atoms with Gasteiger partial charge in [0.25, 0.3) is 5.91 Å². The predicted octanol–water partition coefficient (Wildman–Crippen LogP) is 4.74. The molecule has 0 saturated carbocycles. The van der Waals surface area contributed by atoms with Crippen molar-refractivity contribution in [1.29, 1.82) is 0 Å². The van der Waals surface area contributed by atoms with Gasteiger partial charge in [0.05, 0.1) is 6.04 Å². The highest BCUT2D eigenvalue weighted by Gasteiger charge is 2.26. The molecule has 0 aliphatic carbocycles. The van der Waals surface area contributed by atoms with Gasteiger partial charge in [-0.05, 0) is 70.1 Å². The molecule has 1 saturated heterocycles. The fourth-order valence-electron chi connectivity index (χ4n) is 3.95. The Morgan fingerprint density at radius 2 is 1.93 bits per heavy atom. The van der Waals surface area contributed by atoms with E-state index in [9.17, 15) is 9.18 Å². The Balaban J connectivity index is 1.53. The number of aryl methyl sites for hydroxylation is 2. The summed E-state index contributed by atoms with van der Waals surface area (Å²) in [5.41, 5.74) is 1.16. The number of hydrogen-bond acceptors (Lipinski definition) is 4. The second kappa shape index (κ2) is 7.80. The van der Waals surface area contributed by atoms with E-state index in [2.05, 4.69) is 10.2 Å². The topological polar surface area (TPSA) is 58.6 Å². The summed E-state index contributed by atoms with van der Waals surface area (Å²) in [6.45, 7) is 6.10. The molecule has 1 N–H and O–H groups in total. The first-order valence-electron chi connectivity index (χ1n) is 9.80. The van der Waals surface area contributed by atoms with E-state index in [4.69, 9.17) is 8.83 Å². The Morgan fingerprint density at radius 1 is 1.14 bits per heavy atom. The Hall–Kier alpha value is -2.60. The highest BCUT2D eigenvalue weighted by Crippen LogP contribution is 2.28. The van der Waals surface area contributed by atoms with Gasteiger partial charge in [-0.1, -0.05) is 6.42 Å². The third-order valence-corrected chi connectivity index (χ3v) is 5.48. The minimum Gasteiger partial charge on any atom is -0.465 e. The lowest BCUT2D eigenvalue weighted by Gasteiger charge is -2.33. The number of piperidine rings is 1. The first kappa shape index (κ1) is 18.7. The molecule has 5 nitrogen and oxygen atoms in total. The minimum absolute atomic E-state index is 0.0138. The molecule has 3 aromatic rings. The zero-order chi connectivity index (χ0) is 19.7. The fraction of sp³-hybridized carbons (Fsp3) is 0.409. The van der Waals surface area contributed by atoms with Gasteiger partial charge in [0.1, 0.15) is 22.9 Å². The van der Waals surface area contributed by atoms with Crippen LogP contribution in [-0.2, 0) is 0 Å². The Kier molecular flexibility index (Phi) is 5.22. The molecule has 28 heavy (non-hydrogen) atoms. The molecule has 0 radical (unpaired) electrons. The lowest BCUT2D eigenvalue weighted by Crippen LogP contribution is -2.40. The van der Waals surface area contributed by atoms with Crippen molar-refractivity contribution >= 4 is 16.9 Å². The van der Waals surface area contributed by atoms with E-state index in [-0.39, 0.29) is 23.5 Å². The van der Waals surface area contributed by atoms with Crippen LogP contribution in [0.4, 0.5) is 4.39 Å². The second-order valence-electron chi connectivity index (χ2n) is 7.47. The first-order valence-corrected chi connectivity index (χ1v) is 9.80. The van der Waals surface area contributed by atoms with Crippen molar-refractivity contribution in [3.8, 4) is 0 Å². The van der Waals surface area contributed by atoms with Gasteiger partial charge in [0.15, 0.2) is 5.76 Å². The standard InChI is InChI=1S/C22H25FN2O3/c1-14-6-8-20(27-14)18(25-10-4-3-5-11-25)13-24-22(26)21-15(2)17-12-16(23)7-9-19(17)28-21/h6-9,12,18H,3-5,10-11,13H2,1-2H3,(H,24,26). The first-order chi connectivity index (χ1) is 13.5. The van der Waals surface area contributed by atoms with Crippen LogP contribution in [-0.4, -0.2) is 30.4 Å². The molecule has 0 bridgehead atoms. The molecule has 1 aromatic carbocycles. The predicted molar refractivity (Wildman–Crippen MR) is 105 cm³/mol. The number of furan rings is 2. The van der Waals surface area contributed by atoms with Crippen molar-refractivity contribution in [1.82, 2.24) is 10.2 Å². The number of likely N-dealkylation sites (tertiary alicyclic amines) is 1. The van der Waals surface area contributed by atoms with Gasteiger partial charge in [-0.3, -0.25) is 9.69 Å². The van der Waals surface area contributed by atoms with Crippen molar-refractivity contribution in [2.45, 2.75) is 39.2 Å². The molecule has 1 aliphatic heterocycles. The van der Waals surface area contributed by atoms with Crippen LogP contribution < -0.4 is 5.32 Å². The number of fused-ring (bicyclic) bond motifs is 1. The highest BCUT2D eigenvalue weighted by atomic mass is 19.1. The maximum atomic E-state index is 13.5. The van der Waals surface area contributed by atoms with E-state index in [1.165, 1.54) is 18.6 Å². The molecule has 1 unspecified atom stereocenters. The average Bonchev–Trinajstić information content (AvgIpc) is 3.26. The number of halogens is 1. The number of rotatable bonds is 5. The van der Waals surface area contributed by atoms with Gasteiger partial charge >= 0.3 is 0 Å². The summed E-state index contributed by atoms with van der Waals surface area (Å²) < 4.78 is 25.1. The summed E-state index contributed by atoms with van der Waals surface area (Å²) >= 11 is 0. The van der Waals surface area contributed by atoms with E-state index >= 15 is 0 Å². The van der Waals surface area contributed by atoms with Crippen LogP contribution >= 0.6 is 0 Å². The molecule has 1 amide bonds. The number of amides is 1. The molecule has 0 spiro atoms. The molecule has 1 fully saturated rings. The number of benzene rings is 1. The molecule has 148 valence electrons. The van der Waals surface area contributed by atoms with Crippen molar-refractivity contribution < 1.29 is 18.0 Å². The molecule has 3 heterocycles. The van der Waals surface area contributed by atoms with Gasteiger partial charge in [0.2, 0.25) is 0 Å². The lowest BCUT2D eigenvalue weighted by molar-refractivity contribution is 0.0888. The summed E-state index contributed by atoms with van der Waals surface area (Å²) in [5.74, 6) is 1.32. The van der Waals surface area contributed by atoms with Crippen LogP contribution in [0.3, 0.4) is 0 Å². The highest BCUT2D eigenvalue weighted by molar-refractivity contribution is 5.98. The monoisotopic (exact) mass is 384 g/mol. The number of carbonyl (C=O) groups excluding carboxylic acids is 1. The largest absolute Gasteiger partial charge is 0.465 e. The summed E-state index contributed by atoms with van der Waals surface area (Å²) in [6, 6.07) is 8.20. The molecular weight excluding hydrogens is 359 g/mol. The van der Waals surface area contributed by atoms with Gasteiger partial charge in [-0.2, -0.15) is 0 Å². The zero-order valence-corrected chi connectivity index (χ0v) is 16.3. The normalized spacial score (nSPS) is 16.4. The molecule has 1 atom stereocenters. The number of hydrogen-bond donors (Lipinski definition) is 1. The Morgan fingerprint density at radius 3 is 2.64 bits per heavy atom. The van der Waals surface area contributed by atoms with Crippen LogP contribution in [0, 0.1) is 19.7 Å². The minimum atomic E-state index is -0.346. The van der Waals surface area contributed by atoms with Crippen LogP contribution in [0.2, 0.25) is 0 Å². The van der Waals surface area contributed by atoms with Gasteiger partial charge < -0.3 is 14.2 Å². The van der Waals surface area contributed by atoms with E-state index < -0.39 is 0 Å². The maximum absolute atomic E-state index is 13.5. The Bertz CT molecular complexity index is 985. The van der Waals surface area contributed by atoms with E-state index in [0.717, 1.165) is 37.5 Å². The third-order valence-electron chi connectivity index (χ3n) is 5.48. The van der Waals surface area contributed by atoms with Gasteiger partial charge in [-0.25, -0.2) is 4.39 Å². The fourth-order valence-corrected chi connectivity index (χ4v) is 3.95. The summed E-state index contributed by atoms with van der Waals surface area (Å²) in [5, 5.41) is 3.62. The number of carbonyl (C=O) groups is 1. The smallest absolute Gasteiger partial charge is 0.287 e. The van der Waals surface area contributed by atoms with Gasteiger partial charge in [0, 0.05) is 17.5 Å². The molecular formula is C22H25FN2O3. The number of nitrogens with one attached hydrogen (secondary N) is 1. The summed E-state index contributed by atoms with van der Waals surface area (Å²) in [6.07, 6.45) is 3.54. The third kappa shape index (κ3) is 3.69. The summed E-state index contributed by atoms with van der Waals surface area (Å²) in [7, 11) is 0. The van der Waals surface area contributed by atoms with Crippen LogP contribution in [0.15, 0.2) is 39.2 Å². The van der Waals surface area contributed by atoms with Crippen LogP contribution in [0.5, 0.6) is 0 Å². The molecule has 2 aromatic heterocycles. The summed E-state index contributed by atoms with van der Waals surface area (Å²) in [4.78, 5) is 15.2. The Labute approximate surface area is 163 Å². The van der Waals surface area contributed by atoms with E-state index in [1.54, 1.807) is 13.0 Å². The molecule has 1 aliphatic rings. The van der Waals surface area contributed by atoms with Crippen molar-refractivity contribution in [3.63, 3.8) is 0 Å². The van der Waals surface area contributed by atoms with Crippen molar-refractivity contribution in [3.05, 3.63) is 59.0 Å². The van der Waals surface area contributed by atoms with Gasteiger partial charge in [-0.15, -0.1) is 0 Å². The van der Waals surface area contributed by atoms with Crippen LogP contribution in [0.25, 0.3) is 11.0 Å². The second-order valence-corrected chi connectivity index (χ2v) is 7.47. The van der Waals surface area contributed by atoms with E-state index in [0.29, 0.717) is 23.1 Å². The zero-order valence-electron chi connectivity index (χ0n) is 16.3. The molecule has 4 rings (SSSR count). The quantitative estimate of drug-likeness (QED) is 0.690. The van der Waals surface area contributed by atoms with Crippen LogP contribution in [0.1, 0.15) is 52.9 Å². The average molecular weight is 384 g/mol. The lowest BCUT2D eigenvalue weighted by atomic mass is 10.1. The van der Waals surface area contributed by atoms with E-state index in [1.807, 2.05) is 19.1 Å². The molecule has 6 heteroatoms.